The van der Waals surface area contributed by atoms with E-state index in [2.05, 4.69) is 31.2 Å². The van der Waals surface area contributed by atoms with Crippen molar-refractivity contribution in [2.45, 2.75) is 64.4 Å². The van der Waals surface area contributed by atoms with Crippen LogP contribution in [0.15, 0.2) is 47.4 Å². The van der Waals surface area contributed by atoms with E-state index in [-0.39, 0.29) is 23.5 Å². The van der Waals surface area contributed by atoms with E-state index in [1.54, 1.807) is 0 Å². The first-order valence-electron chi connectivity index (χ1n) is 10.8. The summed E-state index contributed by atoms with van der Waals surface area (Å²) in [6.45, 7) is 3.14. The van der Waals surface area contributed by atoms with Crippen molar-refractivity contribution >= 4 is 0 Å². The average Bonchev–Trinajstić information content (AvgIpc) is 2.76. The minimum absolute atomic E-state index is 0.0510. The molecule has 1 aromatic rings. The summed E-state index contributed by atoms with van der Waals surface area (Å²) in [5.41, 5.74) is 2.59. The van der Waals surface area contributed by atoms with Crippen LogP contribution in [0.5, 0.6) is 0 Å². The molecule has 1 heterocycles. The van der Waals surface area contributed by atoms with Gasteiger partial charge in [-0.2, -0.15) is 8.78 Å². The minimum atomic E-state index is -0.938. The lowest BCUT2D eigenvalue weighted by atomic mass is 9.94. The molecule has 0 N–H and O–H groups in total. The quantitative estimate of drug-likeness (QED) is 0.427. The van der Waals surface area contributed by atoms with E-state index in [0.29, 0.717) is 26.1 Å². The number of allylic oxidation sites excluding steroid dienone is 4. The van der Waals surface area contributed by atoms with Crippen molar-refractivity contribution in [1.29, 1.82) is 0 Å². The van der Waals surface area contributed by atoms with Gasteiger partial charge >= 0.3 is 0 Å². The van der Waals surface area contributed by atoms with Gasteiger partial charge in [-0.15, -0.1) is 0 Å². The average molecular weight is 407 g/mol. The molecule has 2 unspecified atom stereocenters. The third-order valence-electron chi connectivity index (χ3n) is 5.79. The van der Waals surface area contributed by atoms with Crippen LogP contribution in [-0.2, 0) is 20.6 Å². The predicted octanol–water partition coefficient (Wildman–Crippen LogP) is 6.71. The number of unbranched alkanes of at least 4 members (excludes halogenated alkanes) is 2. The first-order valence-corrected chi connectivity index (χ1v) is 10.8. The van der Waals surface area contributed by atoms with Crippen molar-refractivity contribution in [2.75, 3.05) is 20.3 Å². The van der Waals surface area contributed by atoms with Crippen LogP contribution in [-0.4, -0.2) is 20.3 Å². The Hall–Kier alpha value is -1.88. The smallest absolute Gasteiger partial charge is 0.199 e. The van der Waals surface area contributed by atoms with Gasteiger partial charge in [0.1, 0.15) is 11.5 Å². The molecule has 5 heteroatoms. The summed E-state index contributed by atoms with van der Waals surface area (Å²) in [4.78, 5) is 0. The Morgan fingerprint density at radius 3 is 2.38 bits per heavy atom. The first-order chi connectivity index (χ1) is 14.1. The maximum absolute atomic E-state index is 14.1. The number of methoxy groups -OCH3 is 1. The largest absolute Gasteiger partial charge is 0.498 e. The summed E-state index contributed by atoms with van der Waals surface area (Å²) >= 11 is 0. The zero-order chi connectivity index (χ0) is 20.6. The van der Waals surface area contributed by atoms with Gasteiger partial charge in [0.15, 0.2) is 11.7 Å². The van der Waals surface area contributed by atoms with E-state index >= 15 is 0 Å². The monoisotopic (exact) mass is 406 g/mol. The third kappa shape index (κ3) is 5.81. The van der Waals surface area contributed by atoms with Gasteiger partial charge in [-0.05, 0) is 36.8 Å². The van der Waals surface area contributed by atoms with Crippen molar-refractivity contribution in [3.8, 4) is 0 Å². The number of hydrogen-bond acceptors (Lipinski definition) is 3. The fraction of sp³-hybridized carbons (Fsp3) is 0.583. The summed E-state index contributed by atoms with van der Waals surface area (Å²) in [5, 5.41) is 0. The van der Waals surface area contributed by atoms with Crippen molar-refractivity contribution in [2.24, 2.45) is 5.92 Å². The van der Waals surface area contributed by atoms with E-state index in [1.807, 2.05) is 0 Å². The highest BCUT2D eigenvalue weighted by molar-refractivity contribution is 5.29. The molecule has 1 fully saturated rings. The highest BCUT2D eigenvalue weighted by Crippen LogP contribution is 2.35. The Morgan fingerprint density at radius 2 is 1.72 bits per heavy atom. The molecule has 2 atom stereocenters. The molecule has 0 bridgehead atoms. The summed E-state index contributed by atoms with van der Waals surface area (Å²) < 4.78 is 44.4. The molecule has 1 saturated heterocycles. The zero-order valence-electron chi connectivity index (χ0n) is 17.5. The molecule has 0 spiro atoms. The number of aryl methyl sites for hydroxylation is 1. The first kappa shape index (κ1) is 21.8. The molecular weight excluding hydrogens is 374 g/mol. The normalized spacial score (nSPS) is 22.8. The second-order valence-electron chi connectivity index (χ2n) is 7.95. The van der Waals surface area contributed by atoms with Crippen molar-refractivity contribution in [3.63, 3.8) is 0 Å². The fourth-order valence-corrected chi connectivity index (χ4v) is 3.92. The number of benzene rings is 1. The Bertz CT molecular complexity index is 716. The van der Waals surface area contributed by atoms with Crippen LogP contribution >= 0.6 is 0 Å². The molecule has 3 rings (SSSR count). The summed E-state index contributed by atoms with van der Waals surface area (Å²) in [6.07, 6.45) is 7.48. The number of hydrogen-bond donors (Lipinski definition) is 0. The van der Waals surface area contributed by atoms with E-state index in [0.717, 1.165) is 19.3 Å². The molecule has 0 radical (unpaired) electrons. The van der Waals surface area contributed by atoms with Crippen LogP contribution in [0.1, 0.15) is 69.1 Å². The van der Waals surface area contributed by atoms with Crippen LogP contribution in [0.25, 0.3) is 0 Å². The van der Waals surface area contributed by atoms with E-state index in [9.17, 15) is 8.78 Å². The molecule has 0 amide bonds. The van der Waals surface area contributed by atoms with Gasteiger partial charge in [0.25, 0.3) is 0 Å². The fourth-order valence-electron chi connectivity index (χ4n) is 3.92. The van der Waals surface area contributed by atoms with Crippen LogP contribution in [0.3, 0.4) is 0 Å². The SMILES string of the molecule is CCCCCc1ccc(C2CCC(COC3=C(F)C(F)=C(OC)CC3)CO2)cc1. The topological polar surface area (TPSA) is 27.7 Å². The standard InChI is InChI=1S/C24H32F2O3/c1-3-4-5-6-17-7-10-19(11-8-17)20-12-9-18(15-28-20)16-29-22-14-13-21(27-2)23(25)24(22)26/h7-8,10-11,18,20H,3-6,9,12-16H2,1-2H3. The van der Waals surface area contributed by atoms with Gasteiger partial charge in [0.05, 0.1) is 26.4 Å². The second kappa shape index (κ2) is 10.8. The van der Waals surface area contributed by atoms with Crippen LogP contribution in [0, 0.1) is 5.92 Å². The minimum Gasteiger partial charge on any atom is -0.498 e. The van der Waals surface area contributed by atoms with E-state index in [1.165, 1.54) is 37.5 Å². The lowest BCUT2D eigenvalue weighted by molar-refractivity contribution is -0.0368. The van der Waals surface area contributed by atoms with Crippen molar-refractivity contribution in [3.05, 3.63) is 58.6 Å². The molecule has 0 aromatic heterocycles. The zero-order valence-corrected chi connectivity index (χ0v) is 17.5. The van der Waals surface area contributed by atoms with Crippen molar-refractivity contribution < 1.29 is 23.0 Å². The molecule has 160 valence electrons. The third-order valence-corrected chi connectivity index (χ3v) is 5.79. The molecule has 0 saturated carbocycles. The number of rotatable bonds is 9. The summed E-state index contributed by atoms with van der Waals surface area (Å²) in [7, 11) is 1.35. The maximum atomic E-state index is 14.1. The van der Waals surface area contributed by atoms with Gasteiger partial charge in [-0.25, -0.2) is 0 Å². The van der Waals surface area contributed by atoms with Crippen LogP contribution in [0.4, 0.5) is 8.78 Å². The Balaban J connectivity index is 1.45. The number of halogens is 2. The number of ether oxygens (including phenoxy) is 3. The molecule has 2 aliphatic rings. The van der Waals surface area contributed by atoms with Gasteiger partial charge in [0, 0.05) is 18.8 Å². The van der Waals surface area contributed by atoms with Gasteiger partial charge in [-0.3, -0.25) is 0 Å². The van der Waals surface area contributed by atoms with Gasteiger partial charge in [-0.1, -0.05) is 44.0 Å². The molecule has 3 nitrogen and oxygen atoms in total. The van der Waals surface area contributed by atoms with Crippen LogP contribution < -0.4 is 0 Å². The molecule has 29 heavy (non-hydrogen) atoms. The highest BCUT2D eigenvalue weighted by Gasteiger charge is 2.27. The maximum Gasteiger partial charge on any atom is 0.199 e. The molecular formula is C24H32F2O3. The Kier molecular flexibility index (Phi) is 8.10. The molecule has 1 aliphatic heterocycles. The second-order valence-corrected chi connectivity index (χ2v) is 7.95. The van der Waals surface area contributed by atoms with Crippen molar-refractivity contribution in [1.82, 2.24) is 0 Å². The van der Waals surface area contributed by atoms with Gasteiger partial charge in [0.2, 0.25) is 0 Å². The van der Waals surface area contributed by atoms with E-state index < -0.39 is 11.7 Å². The van der Waals surface area contributed by atoms with E-state index in [4.69, 9.17) is 14.2 Å². The van der Waals surface area contributed by atoms with Gasteiger partial charge < -0.3 is 14.2 Å². The lowest BCUT2D eigenvalue weighted by Gasteiger charge is -2.30. The van der Waals surface area contributed by atoms with Crippen LogP contribution in [0.2, 0.25) is 0 Å². The Morgan fingerprint density at radius 1 is 1.00 bits per heavy atom. The molecule has 1 aliphatic carbocycles. The predicted molar refractivity (Wildman–Crippen MR) is 110 cm³/mol. The molecule has 1 aromatic carbocycles. The Labute approximate surface area is 172 Å². The highest BCUT2D eigenvalue weighted by atomic mass is 19.2. The lowest BCUT2D eigenvalue weighted by Crippen LogP contribution is -2.24. The summed E-state index contributed by atoms with van der Waals surface area (Å²) in [5.74, 6) is -1.54. The summed E-state index contributed by atoms with van der Waals surface area (Å²) in [6, 6.07) is 8.76.